The first-order chi connectivity index (χ1) is 13.1. The van der Waals surface area contributed by atoms with Crippen molar-refractivity contribution < 1.29 is 4.92 Å². The molecule has 2 atom stereocenters. The van der Waals surface area contributed by atoms with E-state index in [0.29, 0.717) is 12.2 Å². The van der Waals surface area contributed by atoms with Gasteiger partial charge in [-0.05, 0) is 36.6 Å². The van der Waals surface area contributed by atoms with Crippen molar-refractivity contribution in [2.75, 3.05) is 11.4 Å². The number of aromatic nitrogens is 2. The number of hydrogen-bond acceptors (Lipinski definition) is 5. The van der Waals surface area contributed by atoms with Crippen molar-refractivity contribution >= 4 is 22.4 Å². The average Bonchev–Trinajstić information content (AvgIpc) is 3.34. The van der Waals surface area contributed by atoms with Gasteiger partial charge >= 0.3 is 0 Å². The van der Waals surface area contributed by atoms with Crippen LogP contribution in [0.1, 0.15) is 24.2 Å². The predicted molar refractivity (Wildman–Crippen MR) is 101 cm³/mol. The van der Waals surface area contributed by atoms with E-state index >= 15 is 0 Å². The summed E-state index contributed by atoms with van der Waals surface area (Å²) in [5, 5.41) is 21.5. The van der Waals surface area contributed by atoms with Crippen LogP contribution in [0, 0.1) is 21.4 Å². The molecule has 2 aliphatic rings. The van der Waals surface area contributed by atoms with Crippen LogP contribution in [0.3, 0.4) is 0 Å². The Morgan fingerprint density at radius 3 is 2.96 bits per heavy atom. The first-order valence-corrected chi connectivity index (χ1v) is 9.03. The van der Waals surface area contributed by atoms with Crippen LogP contribution in [0.15, 0.2) is 42.5 Å². The molecule has 2 aromatic carbocycles. The zero-order valence-electron chi connectivity index (χ0n) is 14.6. The van der Waals surface area contributed by atoms with Gasteiger partial charge in [0.25, 0.3) is 5.69 Å². The minimum atomic E-state index is -0.849. The monoisotopic (exact) mass is 359 g/mol. The standard InChI is InChI=1S/C20H17N5O2/c21-12-20(19-22-15-4-1-2-5-16(15)23-19)11-13-10-14(25(26)27)7-8-17(13)24-9-3-6-18(20)24/h1-2,4-5,7-8,10,18H,3,6,9,11H2,(H,22,23)/t18-,20+/m1/s1. The molecule has 1 N–H and O–H groups in total. The Morgan fingerprint density at radius 1 is 1.33 bits per heavy atom. The van der Waals surface area contributed by atoms with Gasteiger partial charge in [0.2, 0.25) is 0 Å². The van der Waals surface area contributed by atoms with Gasteiger partial charge in [-0.2, -0.15) is 5.26 Å². The summed E-state index contributed by atoms with van der Waals surface area (Å²) in [4.78, 5) is 21.2. The molecule has 0 bridgehead atoms. The molecule has 0 saturated carbocycles. The topological polar surface area (TPSA) is 98.8 Å². The Labute approximate surface area is 155 Å². The molecule has 2 aliphatic heterocycles. The number of para-hydroxylation sites is 2. The van der Waals surface area contributed by atoms with Gasteiger partial charge in [0.15, 0.2) is 0 Å². The highest BCUT2D eigenvalue weighted by Gasteiger charge is 2.52. The number of nitro groups is 1. The fraction of sp³-hybridized carbons (Fsp3) is 0.300. The van der Waals surface area contributed by atoms with Crippen LogP contribution in [0.25, 0.3) is 11.0 Å². The molecule has 3 aromatic rings. The summed E-state index contributed by atoms with van der Waals surface area (Å²) in [6.07, 6.45) is 2.31. The summed E-state index contributed by atoms with van der Waals surface area (Å²) in [5.74, 6) is 0.653. The Hall–Kier alpha value is -3.40. The van der Waals surface area contributed by atoms with E-state index in [2.05, 4.69) is 16.0 Å². The average molecular weight is 359 g/mol. The van der Waals surface area contributed by atoms with E-state index in [1.54, 1.807) is 12.1 Å². The molecule has 7 heteroatoms. The number of nitrogens with zero attached hydrogens (tertiary/aromatic N) is 4. The Bertz CT molecular complexity index is 1080. The molecular weight excluding hydrogens is 342 g/mol. The van der Waals surface area contributed by atoms with Crippen molar-refractivity contribution in [3.8, 4) is 6.07 Å². The number of rotatable bonds is 2. The maximum atomic E-state index is 11.2. The van der Waals surface area contributed by atoms with Gasteiger partial charge in [0.05, 0.1) is 28.1 Å². The highest BCUT2D eigenvalue weighted by atomic mass is 16.6. The van der Waals surface area contributed by atoms with Gasteiger partial charge < -0.3 is 9.88 Å². The molecule has 0 spiro atoms. The Kier molecular flexibility index (Phi) is 3.25. The molecule has 0 amide bonds. The Balaban J connectivity index is 1.71. The summed E-state index contributed by atoms with van der Waals surface area (Å²) >= 11 is 0. The lowest BCUT2D eigenvalue weighted by Crippen LogP contribution is -2.52. The van der Waals surface area contributed by atoms with Gasteiger partial charge in [0.1, 0.15) is 11.2 Å². The summed E-state index contributed by atoms with van der Waals surface area (Å²) in [5.41, 5.74) is 2.78. The van der Waals surface area contributed by atoms with Crippen LogP contribution < -0.4 is 4.90 Å². The molecule has 1 saturated heterocycles. The van der Waals surface area contributed by atoms with E-state index in [0.717, 1.165) is 41.7 Å². The van der Waals surface area contributed by atoms with Gasteiger partial charge in [-0.1, -0.05) is 12.1 Å². The third-order valence-corrected chi connectivity index (χ3v) is 5.89. The first-order valence-electron chi connectivity index (χ1n) is 9.03. The normalized spacial score (nSPS) is 23.7. The summed E-state index contributed by atoms with van der Waals surface area (Å²) in [6, 6.07) is 15.3. The lowest BCUT2D eigenvalue weighted by molar-refractivity contribution is -0.384. The number of imidazole rings is 1. The van der Waals surface area contributed by atoms with Gasteiger partial charge in [-0.3, -0.25) is 10.1 Å². The molecule has 5 rings (SSSR count). The van der Waals surface area contributed by atoms with Gasteiger partial charge in [-0.25, -0.2) is 4.98 Å². The van der Waals surface area contributed by atoms with E-state index < -0.39 is 5.41 Å². The molecule has 3 heterocycles. The third kappa shape index (κ3) is 2.16. The van der Waals surface area contributed by atoms with E-state index in [4.69, 9.17) is 4.98 Å². The van der Waals surface area contributed by atoms with E-state index in [9.17, 15) is 15.4 Å². The van der Waals surface area contributed by atoms with Crippen molar-refractivity contribution in [3.63, 3.8) is 0 Å². The highest BCUT2D eigenvalue weighted by molar-refractivity contribution is 5.76. The van der Waals surface area contributed by atoms with E-state index in [-0.39, 0.29) is 16.7 Å². The number of nitro benzene ring substituents is 1. The molecule has 0 aliphatic carbocycles. The lowest BCUT2D eigenvalue weighted by atomic mass is 9.71. The van der Waals surface area contributed by atoms with Crippen molar-refractivity contribution in [3.05, 3.63) is 64.0 Å². The summed E-state index contributed by atoms with van der Waals surface area (Å²) in [7, 11) is 0. The first kappa shape index (κ1) is 15.8. The molecule has 1 aromatic heterocycles. The second-order valence-electron chi connectivity index (χ2n) is 7.28. The number of fused-ring (bicyclic) bond motifs is 4. The minimum absolute atomic E-state index is 0.0111. The quantitative estimate of drug-likeness (QED) is 0.558. The Morgan fingerprint density at radius 2 is 2.19 bits per heavy atom. The zero-order chi connectivity index (χ0) is 18.6. The van der Waals surface area contributed by atoms with Crippen LogP contribution in [-0.4, -0.2) is 27.5 Å². The third-order valence-electron chi connectivity index (χ3n) is 5.89. The lowest BCUT2D eigenvalue weighted by Gasteiger charge is -2.43. The van der Waals surface area contributed by atoms with Crippen molar-refractivity contribution in [2.24, 2.45) is 0 Å². The maximum Gasteiger partial charge on any atom is 0.269 e. The van der Waals surface area contributed by atoms with Crippen LogP contribution >= 0.6 is 0 Å². The van der Waals surface area contributed by atoms with Crippen molar-refractivity contribution in [2.45, 2.75) is 30.7 Å². The number of benzene rings is 2. The summed E-state index contributed by atoms with van der Waals surface area (Å²) in [6.45, 7) is 0.846. The highest BCUT2D eigenvalue weighted by Crippen LogP contribution is 2.47. The zero-order valence-corrected chi connectivity index (χ0v) is 14.6. The number of nitrogens with one attached hydrogen (secondary N) is 1. The molecule has 0 radical (unpaired) electrons. The molecule has 1 fully saturated rings. The fourth-order valence-electron chi connectivity index (χ4n) is 4.67. The summed E-state index contributed by atoms with van der Waals surface area (Å²) < 4.78 is 0. The second kappa shape index (κ2) is 5.55. The maximum absolute atomic E-state index is 11.2. The van der Waals surface area contributed by atoms with Crippen LogP contribution in [0.4, 0.5) is 11.4 Å². The smallest absolute Gasteiger partial charge is 0.269 e. The van der Waals surface area contributed by atoms with Crippen LogP contribution in [-0.2, 0) is 11.8 Å². The fourth-order valence-corrected chi connectivity index (χ4v) is 4.67. The van der Waals surface area contributed by atoms with Crippen LogP contribution in [0.2, 0.25) is 0 Å². The molecule has 27 heavy (non-hydrogen) atoms. The number of nitriles is 1. The van der Waals surface area contributed by atoms with Crippen LogP contribution in [0.5, 0.6) is 0 Å². The molecule has 0 unspecified atom stereocenters. The van der Waals surface area contributed by atoms with Crippen molar-refractivity contribution in [1.29, 1.82) is 5.26 Å². The predicted octanol–water partition coefficient (Wildman–Crippen LogP) is 3.46. The molecular formula is C20H17N5O2. The van der Waals surface area contributed by atoms with E-state index in [1.165, 1.54) is 0 Å². The number of anilines is 1. The number of hydrogen-bond donors (Lipinski definition) is 1. The minimum Gasteiger partial charge on any atom is -0.366 e. The van der Waals surface area contributed by atoms with Gasteiger partial charge in [-0.15, -0.1) is 0 Å². The van der Waals surface area contributed by atoms with Gasteiger partial charge in [0, 0.05) is 30.8 Å². The second-order valence-corrected chi connectivity index (χ2v) is 7.28. The largest absolute Gasteiger partial charge is 0.366 e. The number of H-pyrrole nitrogens is 1. The number of non-ortho nitro benzene ring substituents is 1. The number of aromatic amines is 1. The SMILES string of the molecule is N#C[C@@]1(c2nc3ccccc3[nH]2)Cc2cc([N+](=O)[O-])ccc2N2CCC[C@@H]21. The van der Waals surface area contributed by atoms with E-state index in [1.807, 2.05) is 30.3 Å². The molecule has 134 valence electrons. The van der Waals surface area contributed by atoms with Crippen molar-refractivity contribution in [1.82, 2.24) is 9.97 Å². The molecule has 7 nitrogen and oxygen atoms in total.